The number of nitrogens with zero attached hydrogens (tertiary/aromatic N) is 1. The molecule has 0 saturated heterocycles. The van der Waals surface area contributed by atoms with Gasteiger partial charge in [-0.15, -0.1) is 0 Å². The Bertz CT molecular complexity index is 412. The Balaban J connectivity index is 2.01. The molecule has 1 saturated carbocycles. The third kappa shape index (κ3) is 3.62. The fourth-order valence-electron chi connectivity index (χ4n) is 3.09. The van der Waals surface area contributed by atoms with Gasteiger partial charge in [0.05, 0.1) is 0 Å². The molecular weight excluding hydrogens is 244 g/mol. The first-order chi connectivity index (χ1) is 9.56. The van der Waals surface area contributed by atoms with Crippen LogP contribution in [0.25, 0.3) is 0 Å². The maximum absolute atomic E-state index is 3.50. The number of hydrogen-bond donors (Lipinski definition) is 1. The standard InChI is InChI=1S/C18H30N2/c1-6-15-7-9-16(10-8-15)18(19-4)14(3)20(5)12-17-11-13(17)2/h7-10,13-14,17-19H,6,11-12H2,1-5H3. The summed E-state index contributed by atoms with van der Waals surface area (Å²) in [7, 11) is 4.34. The zero-order chi connectivity index (χ0) is 14.7. The van der Waals surface area contributed by atoms with E-state index in [4.69, 9.17) is 0 Å². The van der Waals surface area contributed by atoms with Crippen LogP contribution in [0.5, 0.6) is 0 Å². The van der Waals surface area contributed by atoms with Crippen LogP contribution in [-0.4, -0.2) is 31.6 Å². The van der Waals surface area contributed by atoms with Gasteiger partial charge in [-0.1, -0.05) is 38.1 Å². The van der Waals surface area contributed by atoms with Crippen LogP contribution in [0, 0.1) is 11.8 Å². The molecule has 0 bridgehead atoms. The summed E-state index contributed by atoms with van der Waals surface area (Å²) in [5.74, 6) is 1.85. The predicted octanol–water partition coefficient (Wildman–Crippen LogP) is 3.49. The highest BCUT2D eigenvalue weighted by molar-refractivity contribution is 5.26. The largest absolute Gasteiger partial charge is 0.312 e. The van der Waals surface area contributed by atoms with Crippen LogP contribution in [0.15, 0.2) is 24.3 Å². The molecule has 1 N–H and O–H groups in total. The highest BCUT2D eigenvalue weighted by Crippen LogP contribution is 2.38. The molecule has 1 aromatic rings. The molecular formula is C18H30N2. The van der Waals surface area contributed by atoms with E-state index in [0.717, 1.165) is 18.3 Å². The van der Waals surface area contributed by atoms with Crippen molar-refractivity contribution in [2.24, 2.45) is 11.8 Å². The highest BCUT2D eigenvalue weighted by Gasteiger charge is 2.35. The molecule has 0 spiro atoms. The van der Waals surface area contributed by atoms with Crippen LogP contribution in [-0.2, 0) is 6.42 Å². The SMILES string of the molecule is CCc1ccc(C(NC)C(C)N(C)CC2CC2C)cc1. The first-order valence-electron chi connectivity index (χ1n) is 8.03. The first kappa shape index (κ1) is 15.5. The second-order valence-electron chi connectivity index (χ2n) is 6.51. The third-order valence-electron chi connectivity index (χ3n) is 5.03. The van der Waals surface area contributed by atoms with Crippen LogP contribution in [0.4, 0.5) is 0 Å². The topological polar surface area (TPSA) is 15.3 Å². The summed E-state index contributed by atoms with van der Waals surface area (Å²) in [5.41, 5.74) is 2.81. The van der Waals surface area contributed by atoms with E-state index in [2.05, 4.69) is 69.3 Å². The van der Waals surface area contributed by atoms with Gasteiger partial charge in [-0.05, 0) is 56.8 Å². The second-order valence-corrected chi connectivity index (χ2v) is 6.51. The van der Waals surface area contributed by atoms with Crippen molar-refractivity contribution in [3.63, 3.8) is 0 Å². The minimum Gasteiger partial charge on any atom is -0.312 e. The average molecular weight is 274 g/mol. The van der Waals surface area contributed by atoms with Crippen LogP contribution in [0.3, 0.4) is 0 Å². The average Bonchev–Trinajstić information content (AvgIpc) is 3.15. The van der Waals surface area contributed by atoms with E-state index in [0.29, 0.717) is 12.1 Å². The number of hydrogen-bond acceptors (Lipinski definition) is 2. The molecule has 1 aliphatic carbocycles. The lowest BCUT2D eigenvalue weighted by Gasteiger charge is -2.32. The van der Waals surface area contributed by atoms with Gasteiger partial charge in [0.25, 0.3) is 0 Å². The zero-order valence-corrected chi connectivity index (χ0v) is 13.7. The van der Waals surface area contributed by atoms with Crippen LogP contribution >= 0.6 is 0 Å². The first-order valence-corrected chi connectivity index (χ1v) is 8.03. The van der Waals surface area contributed by atoms with Gasteiger partial charge in [-0.25, -0.2) is 0 Å². The molecule has 20 heavy (non-hydrogen) atoms. The Morgan fingerprint density at radius 1 is 1.30 bits per heavy atom. The molecule has 0 radical (unpaired) electrons. The second kappa shape index (κ2) is 6.73. The van der Waals surface area contributed by atoms with Gasteiger partial charge in [0.2, 0.25) is 0 Å². The van der Waals surface area contributed by atoms with Crippen LogP contribution in [0.2, 0.25) is 0 Å². The lowest BCUT2D eigenvalue weighted by Crippen LogP contribution is -2.40. The fourth-order valence-corrected chi connectivity index (χ4v) is 3.09. The molecule has 2 rings (SSSR count). The molecule has 4 atom stereocenters. The van der Waals surface area contributed by atoms with E-state index in [-0.39, 0.29) is 0 Å². The van der Waals surface area contributed by atoms with Crippen molar-refractivity contribution in [3.05, 3.63) is 35.4 Å². The van der Waals surface area contributed by atoms with Gasteiger partial charge in [-0.2, -0.15) is 0 Å². The highest BCUT2D eigenvalue weighted by atomic mass is 15.2. The van der Waals surface area contributed by atoms with E-state index < -0.39 is 0 Å². The van der Waals surface area contributed by atoms with Crippen molar-refractivity contribution in [3.8, 4) is 0 Å². The quantitative estimate of drug-likeness (QED) is 0.819. The monoisotopic (exact) mass is 274 g/mol. The number of rotatable bonds is 7. The summed E-state index contributed by atoms with van der Waals surface area (Å²) in [6.07, 6.45) is 2.52. The van der Waals surface area contributed by atoms with E-state index in [1.54, 1.807) is 0 Å². The lowest BCUT2D eigenvalue weighted by atomic mass is 9.97. The zero-order valence-electron chi connectivity index (χ0n) is 13.7. The third-order valence-corrected chi connectivity index (χ3v) is 5.03. The van der Waals surface area contributed by atoms with Crippen LogP contribution in [0.1, 0.15) is 44.4 Å². The molecule has 0 aromatic heterocycles. The lowest BCUT2D eigenvalue weighted by molar-refractivity contribution is 0.202. The Hall–Kier alpha value is -0.860. The summed E-state index contributed by atoms with van der Waals surface area (Å²) >= 11 is 0. The Kier molecular flexibility index (Phi) is 5.22. The number of aryl methyl sites for hydroxylation is 1. The van der Waals surface area contributed by atoms with E-state index in [1.165, 1.54) is 24.1 Å². The van der Waals surface area contributed by atoms with E-state index in [1.807, 2.05) is 0 Å². The van der Waals surface area contributed by atoms with Gasteiger partial charge in [0.15, 0.2) is 0 Å². The Morgan fingerprint density at radius 3 is 2.35 bits per heavy atom. The van der Waals surface area contributed by atoms with Crippen molar-refractivity contribution in [1.29, 1.82) is 0 Å². The molecule has 1 aliphatic rings. The van der Waals surface area contributed by atoms with Crippen molar-refractivity contribution in [2.75, 3.05) is 20.6 Å². The maximum Gasteiger partial charge on any atom is 0.0472 e. The summed E-state index contributed by atoms with van der Waals surface area (Å²) < 4.78 is 0. The number of likely N-dealkylation sites (N-methyl/N-ethyl adjacent to an activating group) is 2. The summed E-state index contributed by atoms with van der Waals surface area (Å²) in [5, 5.41) is 3.50. The molecule has 1 fully saturated rings. The number of benzene rings is 1. The Morgan fingerprint density at radius 2 is 1.90 bits per heavy atom. The summed E-state index contributed by atoms with van der Waals surface area (Å²) in [6, 6.07) is 10.00. The molecule has 4 unspecified atom stereocenters. The van der Waals surface area contributed by atoms with Gasteiger partial charge in [0.1, 0.15) is 0 Å². The van der Waals surface area contributed by atoms with Crippen molar-refractivity contribution >= 4 is 0 Å². The summed E-state index contributed by atoms with van der Waals surface area (Å²) in [6.45, 7) is 8.13. The molecule has 0 amide bonds. The molecule has 0 aliphatic heterocycles. The minimum absolute atomic E-state index is 0.403. The molecule has 1 aromatic carbocycles. The molecule has 2 nitrogen and oxygen atoms in total. The smallest absolute Gasteiger partial charge is 0.0472 e. The van der Waals surface area contributed by atoms with Crippen LogP contribution < -0.4 is 5.32 Å². The molecule has 112 valence electrons. The van der Waals surface area contributed by atoms with Crippen molar-refractivity contribution < 1.29 is 0 Å². The van der Waals surface area contributed by atoms with Gasteiger partial charge in [0, 0.05) is 18.6 Å². The predicted molar refractivity (Wildman–Crippen MR) is 87.0 cm³/mol. The van der Waals surface area contributed by atoms with E-state index >= 15 is 0 Å². The Labute approximate surface area is 124 Å². The van der Waals surface area contributed by atoms with Crippen molar-refractivity contribution in [1.82, 2.24) is 10.2 Å². The van der Waals surface area contributed by atoms with Gasteiger partial charge in [-0.3, -0.25) is 0 Å². The molecule has 2 heteroatoms. The maximum atomic E-state index is 3.50. The van der Waals surface area contributed by atoms with Crippen molar-refractivity contribution in [2.45, 2.75) is 45.7 Å². The van der Waals surface area contributed by atoms with Gasteiger partial charge < -0.3 is 10.2 Å². The minimum atomic E-state index is 0.403. The summed E-state index contributed by atoms with van der Waals surface area (Å²) in [4.78, 5) is 2.52. The van der Waals surface area contributed by atoms with Gasteiger partial charge >= 0.3 is 0 Å². The van der Waals surface area contributed by atoms with E-state index in [9.17, 15) is 0 Å². The normalized spacial score (nSPS) is 24.7. The number of nitrogens with one attached hydrogen (secondary N) is 1. The fraction of sp³-hybridized carbons (Fsp3) is 0.667. The molecule has 0 heterocycles.